The van der Waals surface area contributed by atoms with Gasteiger partial charge in [0.05, 0.1) is 12.3 Å². The number of rotatable bonds is 8. The molecule has 21 heavy (non-hydrogen) atoms. The second-order valence-electron chi connectivity index (χ2n) is 5.23. The Kier molecular flexibility index (Phi) is 5.81. The van der Waals surface area contributed by atoms with Crippen LogP contribution in [0, 0.1) is 6.92 Å². The lowest BCUT2D eigenvalue weighted by atomic mass is 10.1. The minimum atomic E-state index is 0.398. The predicted molar refractivity (Wildman–Crippen MR) is 85.7 cm³/mol. The van der Waals surface area contributed by atoms with Gasteiger partial charge in [0, 0.05) is 24.7 Å². The summed E-state index contributed by atoms with van der Waals surface area (Å²) < 4.78 is 7.86. The molecule has 0 radical (unpaired) electrons. The molecule has 1 heterocycles. The van der Waals surface area contributed by atoms with Crippen LogP contribution in [0.5, 0.6) is 5.75 Å². The van der Waals surface area contributed by atoms with Crippen molar-refractivity contribution >= 4 is 0 Å². The average Bonchev–Trinajstić information content (AvgIpc) is 2.87. The van der Waals surface area contributed by atoms with Crippen LogP contribution in [0.3, 0.4) is 0 Å². The molecule has 0 saturated carbocycles. The van der Waals surface area contributed by atoms with Crippen LogP contribution >= 0.6 is 0 Å². The molecule has 2 rings (SSSR count). The van der Waals surface area contributed by atoms with E-state index in [4.69, 9.17) is 4.74 Å². The van der Waals surface area contributed by atoms with Crippen LogP contribution in [0.25, 0.3) is 0 Å². The maximum Gasteiger partial charge on any atom is 0.119 e. The van der Waals surface area contributed by atoms with E-state index in [1.54, 1.807) is 0 Å². The molecular weight excluding hydrogens is 262 g/mol. The number of nitrogens with one attached hydrogen (secondary N) is 1. The van der Waals surface area contributed by atoms with E-state index < -0.39 is 0 Å². The van der Waals surface area contributed by atoms with E-state index in [0.717, 1.165) is 37.4 Å². The van der Waals surface area contributed by atoms with E-state index >= 15 is 0 Å². The number of para-hydroxylation sites is 1. The minimum Gasteiger partial charge on any atom is -0.494 e. The fourth-order valence-corrected chi connectivity index (χ4v) is 2.47. The van der Waals surface area contributed by atoms with Gasteiger partial charge in [0.1, 0.15) is 5.75 Å². The smallest absolute Gasteiger partial charge is 0.119 e. The van der Waals surface area contributed by atoms with E-state index in [0.29, 0.717) is 6.04 Å². The number of benzene rings is 1. The van der Waals surface area contributed by atoms with E-state index in [1.807, 2.05) is 44.3 Å². The second-order valence-corrected chi connectivity index (χ2v) is 5.23. The Bertz CT molecular complexity index is 536. The van der Waals surface area contributed by atoms with Crippen molar-refractivity contribution in [1.82, 2.24) is 15.1 Å². The molecular formula is C17H25N3O. The van der Waals surface area contributed by atoms with Crippen LogP contribution in [0.2, 0.25) is 0 Å². The number of aromatic nitrogens is 2. The third kappa shape index (κ3) is 4.60. The summed E-state index contributed by atoms with van der Waals surface area (Å²) in [6.45, 7) is 5.81. The first-order valence-electron chi connectivity index (χ1n) is 7.61. The van der Waals surface area contributed by atoms with E-state index in [1.165, 1.54) is 5.69 Å². The molecule has 4 nitrogen and oxygen atoms in total. The molecule has 1 aromatic heterocycles. The van der Waals surface area contributed by atoms with Gasteiger partial charge in [-0.2, -0.15) is 5.10 Å². The molecule has 0 bridgehead atoms. The summed E-state index contributed by atoms with van der Waals surface area (Å²) in [5.74, 6) is 0.932. The first-order chi connectivity index (χ1) is 10.2. The van der Waals surface area contributed by atoms with E-state index in [9.17, 15) is 0 Å². The monoisotopic (exact) mass is 287 g/mol. The van der Waals surface area contributed by atoms with Crippen LogP contribution in [-0.4, -0.2) is 29.5 Å². The summed E-state index contributed by atoms with van der Waals surface area (Å²) in [6.07, 6.45) is 1.95. The highest BCUT2D eigenvalue weighted by molar-refractivity contribution is 5.20. The Balaban J connectivity index is 1.85. The lowest BCUT2D eigenvalue weighted by molar-refractivity contribution is 0.287. The van der Waals surface area contributed by atoms with Gasteiger partial charge in [0.15, 0.2) is 0 Å². The highest BCUT2D eigenvalue weighted by Crippen LogP contribution is 2.11. The number of hydrogen-bond acceptors (Lipinski definition) is 3. The van der Waals surface area contributed by atoms with Crippen LogP contribution in [0.1, 0.15) is 24.7 Å². The summed E-state index contributed by atoms with van der Waals surface area (Å²) in [4.78, 5) is 0. The van der Waals surface area contributed by atoms with Gasteiger partial charge in [-0.1, -0.05) is 18.2 Å². The maximum atomic E-state index is 5.78. The predicted octanol–water partition coefficient (Wildman–Crippen LogP) is 2.81. The fourth-order valence-electron chi connectivity index (χ4n) is 2.47. The van der Waals surface area contributed by atoms with Gasteiger partial charge in [0.25, 0.3) is 0 Å². The summed E-state index contributed by atoms with van der Waals surface area (Å²) in [5.41, 5.74) is 2.37. The van der Waals surface area contributed by atoms with Crippen LogP contribution in [-0.2, 0) is 13.0 Å². The van der Waals surface area contributed by atoms with Crippen molar-refractivity contribution < 1.29 is 4.74 Å². The third-order valence-corrected chi connectivity index (χ3v) is 3.63. The molecule has 0 aliphatic rings. The largest absolute Gasteiger partial charge is 0.494 e. The highest BCUT2D eigenvalue weighted by Gasteiger charge is 2.12. The lowest BCUT2D eigenvalue weighted by Crippen LogP contribution is -2.30. The first kappa shape index (κ1) is 15.6. The Labute approximate surface area is 127 Å². The minimum absolute atomic E-state index is 0.398. The SMILES string of the molecule is CCn1nc(C)cc1CC(CCOc1ccccc1)NC. The van der Waals surface area contributed by atoms with Gasteiger partial charge in [0.2, 0.25) is 0 Å². The molecule has 1 aromatic carbocycles. The number of nitrogens with zero attached hydrogens (tertiary/aromatic N) is 2. The molecule has 0 aliphatic heterocycles. The lowest BCUT2D eigenvalue weighted by Gasteiger charge is -2.17. The Morgan fingerprint density at radius 3 is 2.71 bits per heavy atom. The molecule has 114 valence electrons. The van der Waals surface area contributed by atoms with Crippen molar-refractivity contribution in [3.8, 4) is 5.75 Å². The summed E-state index contributed by atoms with van der Waals surface area (Å²) in [7, 11) is 2.01. The Morgan fingerprint density at radius 2 is 2.05 bits per heavy atom. The van der Waals surface area contributed by atoms with Crippen LogP contribution in [0.15, 0.2) is 36.4 Å². The van der Waals surface area contributed by atoms with Crippen molar-refractivity contribution in [2.24, 2.45) is 0 Å². The van der Waals surface area contributed by atoms with Gasteiger partial charge in [-0.25, -0.2) is 0 Å². The summed E-state index contributed by atoms with van der Waals surface area (Å²) in [6, 6.07) is 12.5. The molecule has 0 saturated heterocycles. The summed E-state index contributed by atoms with van der Waals surface area (Å²) in [5, 5.41) is 7.88. The summed E-state index contributed by atoms with van der Waals surface area (Å²) >= 11 is 0. The van der Waals surface area contributed by atoms with Crippen LogP contribution in [0.4, 0.5) is 0 Å². The quantitative estimate of drug-likeness (QED) is 0.811. The van der Waals surface area contributed by atoms with Crippen molar-refractivity contribution in [2.75, 3.05) is 13.7 Å². The Hall–Kier alpha value is -1.81. The molecule has 0 aliphatic carbocycles. The van der Waals surface area contributed by atoms with Gasteiger partial charge < -0.3 is 10.1 Å². The van der Waals surface area contributed by atoms with Gasteiger partial charge in [-0.15, -0.1) is 0 Å². The standard InChI is InChI=1S/C17H25N3O/c1-4-20-16(12-14(2)19-20)13-15(18-3)10-11-21-17-8-6-5-7-9-17/h5-9,12,15,18H,4,10-11,13H2,1-3H3. The van der Waals surface area contributed by atoms with Gasteiger partial charge in [-0.3, -0.25) is 4.68 Å². The van der Waals surface area contributed by atoms with E-state index in [2.05, 4.69) is 28.1 Å². The molecule has 1 N–H and O–H groups in total. The van der Waals surface area contributed by atoms with Crippen molar-refractivity contribution in [3.05, 3.63) is 47.8 Å². The zero-order valence-electron chi connectivity index (χ0n) is 13.2. The molecule has 2 aromatic rings. The zero-order chi connectivity index (χ0) is 15.1. The molecule has 0 amide bonds. The van der Waals surface area contributed by atoms with Crippen molar-refractivity contribution in [1.29, 1.82) is 0 Å². The average molecular weight is 287 g/mol. The van der Waals surface area contributed by atoms with Crippen molar-refractivity contribution in [2.45, 2.75) is 39.3 Å². The molecule has 0 fully saturated rings. The number of hydrogen-bond donors (Lipinski definition) is 1. The van der Waals surface area contributed by atoms with E-state index in [-0.39, 0.29) is 0 Å². The fraction of sp³-hybridized carbons (Fsp3) is 0.471. The first-order valence-corrected chi connectivity index (χ1v) is 7.61. The molecule has 1 unspecified atom stereocenters. The number of likely N-dealkylation sites (N-methyl/N-ethyl adjacent to an activating group) is 1. The third-order valence-electron chi connectivity index (χ3n) is 3.63. The van der Waals surface area contributed by atoms with Crippen molar-refractivity contribution in [3.63, 3.8) is 0 Å². The zero-order valence-corrected chi connectivity index (χ0v) is 13.2. The molecule has 0 spiro atoms. The van der Waals surface area contributed by atoms with Crippen LogP contribution < -0.4 is 10.1 Å². The second kappa shape index (κ2) is 7.84. The molecule has 1 atom stereocenters. The highest BCUT2D eigenvalue weighted by atomic mass is 16.5. The Morgan fingerprint density at radius 1 is 1.29 bits per heavy atom. The molecule has 4 heteroatoms. The number of ether oxygens (including phenoxy) is 1. The normalized spacial score (nSPS) is 12.3. The maximum absolute atomic E-state index is 5.78. The number of aryl methyl sites for hydroxylation is 2. The van der Waals surface area contributed by atoms with Gasteiger partial charge in [-0.05, 0) is 45.5 Å². The topological polar surface area (TPSA) is 39.1 Å². The van der Waals surface area contributed by atoms with Gasteiger partial charge >= 0.3 is 0 Å².